The van der Waals surface area contributed by atoms with Crippen LogP contribution in [-0.4, -0.2) is 50.1 Å². The third-order valence-electron chi connectivity index (χ3n) is 8.83. The molecule has 0 saturated heterocycles. The van der Waals surface area contributed by atoms with E-state index in [1.54, 1.807) is 0 Å². The first-order valence-electron chi connectivity index (χ1n) is 16.3. The molecule has 282 valence electrons. The first-order valence-corrected chi connectivity index (χ1v) is 18.4. The second kappa shape index (κ2) is 15.9. The fourth-order valence-electron chi connectivity index (χ4n) is 6.08. The van der Waals surface area contributed by atoms with Gasteiger partial charge in [-0.15, -0.1) is 0 Å². The van der Waals surface area contributed by atoms with Crippen molar-refractivity contribution in [3.05, 3.63) is 76.6 Å². The lowest BCUT2D eigenvalue weighted by Gasteiger charge is -2.35. The average Bonchev–Trinajstić information content (AvgIpc) is 3.04. The zero-order valence-electron chi connectivity index (χ0n) is 28.2. The molecule has 17 heteroatoms. The number of rotatable bonds is 13. The maximum absolute atomic E-state index is 14.1. The quantitative estimate of drug-likeness (QED) is 0.161. The summed E-state index contributed by atoms with van der Waals surface area (Å²) in [6.45, 7) is 3.42. The number of aromatic nitrogens is 2. The van der Waals surface area contributed by atoms with Gasteiger partial charge < -0.3 is 14.5 Å². The van der Waals surface area contributed by atoms with Crippen LogP contribution in [0.3, 0.4) is 0 Å². The lowest BCUT2D eigenvalue weighted by molar-refractivity contribution is -0.143. The summed E-state index contributed by atoms with van der Waals surface area (Å²) in [5, 5.41) is 0. The van der Waals surface area contributed by atoms with Crippen molar-refractivity contribution in [1.82, 2.24) is 9.97 Å². The van der Waals surface area contributed by atoms with Crippen LogP contribution in [0.15, 0.2) is 48.8 Å². The van der Waals surface area contributed by atoms with Crippen LogP contribution < -0.4 is 14.5 Å². The molecule has 51 heavy (non-hydrogen) atoms. The molecule has 1 aliphatic rings. The highest BCUT2D eigenvalue weighted by Crippen LogP contribution is 2.40. The number of alkyl halides is 9. The summed E-state index contributed by atoms with van der Waals surface area (Å²) in [6.07, 6.45) is -6.75. The number of benzene rings is 2. The van der Waals surface area contributed by atoms with E-state index >= 15 is 0 Å². The molecule has 0 N–H and O–H groups in total. The minimum atomic E-state index is -5.14. The fourth-order valence-corrected chi connectivity index (χ4v) is 6.47. The van der Waals surface area contributed by atoms with Crippen LogP contribution in [0, 0.1) is 5.92 Å². The van der Waals surface area contributed by atoms with E-state index in [0.29, 0.717) is 30.9 Å². The van der Waals surface area contributed by atoms with E-state index in [1.807, 2.05) is 11.8 Å². The molecule has 0 radical (unpaired) electrons. The largest absolute Gasteiger partial charge is 0.489 e. The van der Waals surface area contributed by atoms with Crippen LogP contribution in [0.5, 0.6) is 5.75 Å². The molecule has 0 bridgehead atoms. The third-order valence-corrected chi connectivity index (χ3v) is 9.74. The summed E-state index contributed by atoms with van der Waals surface area (Å²) >= 11 is 0. The van der Waals surface area contributed by atoms with Gasteiger partial charge in [0.1, 0.15) is 6.61 Å². The number of nitrogens with zero attached hydrogens (tertiary/aromatic N) is 4. The van der Waals surface area contributed by atoms with Gasteiger partial charge in [-0.05, 0) is 80.1 Å². The van der Waals surface area contributed by atoms with Crippen molar-refractivity contribution in [2.24, 2.45) is 5.92 Å². The van der Waals surface area contributed by atoms with E-state index in [9.17, 15) is 47.9 Å². The second-order valence-electron chi connectivity index (χ2n) is 12.7. The topological polar surface area (TPSA) is 75.6 Å². The maximum Gasteiger partial charge on any atom is 0.416 e. The molecule has 0 aliphatic heterocycles. The summed E-state index contributed by atoms with van der Waals surface area (Å²) in [6, 6.07) is 2.98. The standard InChI is InChI=1S/C34H39F9N4O3S/c1-4-46(20-23-8-6-5-7-9-23)30-11-10-26(32(35,36)37)16-25(30)21-47(31-44-18-29(19-45-31)50-12-13-51(3,48)49)22(2)24-14-27(33(38,39)40)17-28(15-24)34(41,42)43/h10-11,14-19,22-23H,4-9,12-13,20-21H2,1-3H3. The van der Waals surface area contributed by atoms with Crippen molar-refractivity contribution < 1.29 is 52.7 Å². The van der Waals surface area contributed by atoms with E-state index in [1.165, 1.54) is 17.9 Å². The zero-order chi connectivity index (χ0) is 37.8. The molecule has 1 aromatic heterocycles. The van der Waals surface area contributed by atoms with Crippen molar-refractivity contribution in [1.29, 1.82) is 0 Å². The van der Waals surface area contributed by atoms with Gasteiger partial charge in [0.2, 0.25) is 5.95 Å². The molecule has 3 aromatic rings. The Hall–Kier alpha value is -3.76. The number of hydrogen-bond acceptors (Lipinski definition) is 7. The Bertz CT molecular complexity index is 1690. The average molecular weight is 755 g/mol. The van der Waals surface area contributed by atoms with Gasteiger partial charge in [0.15, 0.2) is 15.6 Å². The van der Waals surface area contributed by atoms with Crippen LogP contribution in [-0.2, 0) is 34.9 Å². The molecule has 1 atom stereocenters. The monoisotopic (exact) mass is 754 g/mol. The van der Waals surface area contributed by atoms with E-state index in [4.69, 9.17) is 4.74 Å². The summed E-state index contributed by atoms with van der Waals surface area (Å²) in [4.78, 5) is 11.6. The van der Waals surface area contributed by atoms with Gasteiger partial charge in [0.25, 0.3) is 0 Å². The lowest BCUT2D eigenvalue weighted by atomic mass is 9.88. The molecule has 0 spiro atoms. The van der Waals surface area contributed by atoms with E-state index in [0.717, 1.165) is 62.9 Å². The molecule has 0 amide bonds. The highest BCUT2D eigenvalue weighted by atomic mass is 32.2. The predicted octanol–water partition coefficient (Wildman–Crippen LogP) is 9.13. The summed E-state index contributed by atoms with van der Waals surface area (Å²) in [5.41, 5.74) is -4.00. The number of ether oxygens (including phenoxy) is 1. The van der Waals surface area contributed by atoms with E-state index in [-0.39, 0.29) is 41.6 Å². The number of halogens is 9. The molecule has 1 heterocycles. The Morgan fingerprint density at radius 2 is 1.41 bits per heavy atom. The smallest absolute Gasteiger partial charge is 0.416 e. The molecular weight excluding hydrogens is 715 g/mol. The lowest BCUT2D eigenvalue weighted by Crippen LogP contribution is -2.33. The predicted molar refractivity (Wildman–Crippen MR) is 174 cm³/mol. The first kappa shape index (κ1) is 40.0. The van der Waals surface area contributed by atoms with Gasteiger partial charge in [-0.2, -0.15) is 39.5 Å². The van der Waals surface area contributed by atoms with E-state index in [2.05, 4.69) is 9.97 Å². The maximum atomic E-state index is 14.1. The minimum absolute atomic E-state index is 0.00497. The van der Waals surface area contributed by atoms with Gasteiger partial charge in [-0.1, -0.05) is 19.3 Å². The Balaban J connectivity index is 1.84. The van der Waals surface area contributed by atoms with Crippen LogP contribution in [0.4, 0.5) is 51.1 Å². The fraction of sp³-hybridized carbons (Fsp3) is 0.529. The molecule has 1 unspecified atom stereocenters. The third kappa shape index (κ3) is 11.1. The Morgan fingerprint density at radius 1 is 0.843 bits per heavy atom. The van der Waals surface area contributed by atoms with Gasteiger partial charge in [0, 0.05) is 31.6 Å². The Kier molecular flexibility index (Phi) is 12.4. The zero-order valence-corrected chi connectivity index (χ0v) is 29.0. The molecule has 1 aliphatic carbocycles. The number of sulfone groups is 1. The molecule has 4 rings (SSSR count). The van der Waals surface area contributed by atoms with Crippen molar-refractivity contribution in [2.45, 2.75) is 77.1 Å². The van der Waals surface area contributed by atoms with Crippen LogP contribution in [0.2, 0.25) is 0 Å². The highest BCUT2D eigenvalue weighted by Gasteiger charge is 2.38. The summed E-state index contributed by atoms with van der Waals surface area (Å²) in [7, 11) is -3.38. The van der Waals surface area contributed by atoms with Crippen LogP contribution >= 0.6 is 0 Å². The van der Waals surface area contributed by atoms with Crippen molar-refractivity contribution in [2.75, 3.05) is 41.5 Å². The summed E-state index contributed by atoms with van der Waals surface area (Å²) in [5.74, 6) is -0.268. The minimum Gasteiger partial charge on any atom is -0.489 e. The molecule has 1 saturated carbocycles. The Labute approximate surface area is 290 Å². The highest BCUT2D eigenvalue weighted by molar-refractivity contribution is 7.90. The molecule has 1 fully saturated rings. The number of hydrogen-bond donors (Lipinski definition) is 0. The molecule has 2 aromatic carbocycles. The molecule has 7 nitrogen and oxygen atoms in total. The van der Waals surface area contributed by atoms with Gasteiger partial charge >= 0.3 is 18.5 Å². The van der Waals surface area contributed by atoms with Gasteiger partial charge in [-0.25, -0.2) is 18.4 Å². The Morgan fingerprint density at radius 3 is 1.92 bits per heavy atom. The van der Waals surface area contributed by atoms with Crippen molar-refractivity contribution in [3.63, 3.8) is 0 Å². The summed E-state index contributed by atoms with van der Waals surface area (Å²) < 4.78 is 154. The van der Waals surface area contributed by atoms with Crippen LogP contribution in [0.25, 0.3) is 0 Å². The number of anilines is 2. The van der Waals surface area contributed by atoms with Crippen molar-refractivity contribution in [3.8, 4) is 5.75 Å². The second-order valence-corrected chi connectivity index (χ2v) is 15.0. The van der Waals surface area contributed by atoms with Gasteiger partial charge in [0.05, 0.1) is 40.9 Å². The first-order chi connectivity index (χ1) is 23.7. The van der Waals surface area contributed by atoms with Gasteiger partial charge in [-0.3, -0.25) is 0 Å². The van der Waals surface area contributed by atoms with E-state index < -0.39 is 63.2 Å². The SMILES string of the molecule is CCN(CC1CCCCC1)c1ccc(C(F)(F)F)cc1CN(c1ncc(OCCS(C)(=O)=O)cn1)C(C)c1cc(C(F)(F)F)cc(C(F)(F)F)c1. The van der Waals surface area contributed by atoms with Crippen molar-refractivity contribution >= 4 is 21.5 Å². The van der Waals surface area contributed by atoms with Crippen LogP contribution in [0.1, 0.15) is 79.8 Å². The molecular formula is C34H39F9N4O3S. The normalized spacial score (nSPS) is 15.5.